The van der Waals surface area contributed by atoms with Crippen LogP contribution in [0.25, 0.3) is 10.8 Å². The summed E-state index contributed by atoms with van der Waals surface area (Å²) in [7, 11) is 0. The van der Waals surface area contributed by atoms with E-state index in [2.05, 4.69) is 10.4 Å². The standard InChI is InChI=1S/C15H15F3N4O4/c16-15(17,18)8-20-12(24)7-19-11(23)5-6-22-14(26)10-4-2-1-3-9(10)13(25)21-22/h1-4H,5-8H2,(H,19,23)(H,20,24)(H,21,25). The zero-order chi connectivity index (χ0) is 19.3. The molecule has 0 spiro atoms. The highest BCUT2D eigenvalue weighted by Crippen LogP contribution is 2.11. The number of hydrogen-bond donors (Lipinski definition) is 3. The summed E-state index contributed by atoms with van der Waals surface area (Å²) in [5, 5.41) is 6.50. The van der Waals surface area contributed by atoms with Crippen molar-refractivity contribution in [2.75, 3.05) is 13.1 Å². The minimum absolute atomic E-state index is 0.158. The first-order valence-electron chi connectivity index (χ1n) is 7.49. The molecular formula is C15H15F3N4O4. The van der Waals surface area contributed by atoms with E-state index < -0.39 is 42.2 Å². The van der Waals surface area contributed by atoms with Gasteiger partial charge in [0.05, 0.1) is 23.9 Å². The van der Waals surface area contributed by atoms with Crippen molar-refractivity contribution in [3.63, 3.8) is 0 Å². The summed E-state index contributed by atoms with van der Waals surface area (Å²) in [4.78, 5) is 47.0. The normalized spacial score (nSPS) is 11.3. The van der Waals surface area contributed by atoms with Crippen LogP contribution in [-0.2, 0) is 16.1 Å². The molecule has 0 aliphatic carbocycles. The van der Waals surface area contributed by atoms with Crippen LogP contribution in [0.3, 0.4) is 0 Å². The molecule has 1 heterocycles. The van der Waals surface area contributed by atoms with Crippen molar-refractivity contribution in [1.82, 2.24) is 20.4 Å². The van der Waals surface area contributed by atoms with Gasteiger partial charge in [0.2, 0.25) is 11.8 Å². The average molecular weight is 372 g/mol. The number of amides is 2. The van der Waals surface area contributed by atoms with Gasteiger partial charge in [-0.2, -0.15) is 13.2 Å². The van der Waals surface area contributed by atoms with Crippen LogP contribution in [0.4, 0.5) is 13.2 Å². The third-order valence-electron chi connectivity index (χ3n) is 3.38. The number of hydrogen-bond acceptors (Lipinski definition) is 4. The van der Waals surface area contributed by atoms with E-state index in [0.717, 1.165) is 4.68 Å². The number of rotatable bonds is 6. The zero-order valence-corrected chi connectivity index (χ0v) is 13.4. The molecule has 26 heavy (non-hydrogen) atoms. The Morgan fingerprint density at radius 1 is 1.04 bits per heavy atom. The fraction of sp³-hybridized carbons (Fsp3) is 0.333. The molecule has 140 valence electrons. The molecule has 2 amide bonds. The SMILES string of the molecule is O=C(CCn1[nH]c(=O)c2ccccc2c1=O)NCC(=O)NCC(F)(F)F. The summed E-state index contributed by atoms with van der Waals surface area (Å²) in [5.41, 5.74) is -0.983. The molecular weight excluding hydrogens is 357 g/mol. The molecule has 0 aliphatic heterocycles. The molecule has 2 rings (SSSR count). The minimum atomic E-state index is -4.54. The van der Waals surface area contributed by atoms with E-state index in [9.17, 15) is 32.3 Å². The van der Waals surface area contributed by atoms with Crippen molar-refractivity contribution in [2.45, 2.75) is 19.1 Å². The summed E-state index contributed by atoms with van der Waals surface area (Å²) in [6, 6.07) is 6.18. The third-order valence-corrected chi connectivity index (χ3v) is 3.38. The minimum Gasteiger partial charge on any atom is -0.347 e. The van der Waals surface area contributed by atoms with Gasteiger partial charge < -0.3 is 10.6 Å². The van der Waals surface area contributed by atoms with Gasteiger partial charge >= 0.3 is 6.18 Å². The van der Waals surface area contributed by atoms with Gasteiger partial charge in [-0.25, -0.2) is 4.68 Å². The molecule has 0 aliphatic rings. The number of nitrogens with one attached hydrogen (secondary N) is 3. The fourth-order valence-electron chi connectivity index (χ4n) is 2.15. The highest BCUT2D eigenvalue weighted by atomic mass is 19.4. The lowest BCUT2D eigenvalue weighted by atomic mass is 10.2. The van der Waals surface area contributed by atoms with E-state index in [1.807, 2.05) is 0 Å². The molecule has 0 bridgehead atoms. The number of aromatic nitrogens is 2. The first-order valence-corrected chi connectivity index (χ1v) is 7.49. The van der Waals surface area contributed by atoms with Crippen molar-refractivity contribution >= 4 is 22.6 Å². The van der Waals surface area contributed by atoms with Gasteiger partial charge in [0.15, 0.2) is 0 Å². The molecule has 11 heteroatoms. The molecule has 0 fully saturated rings. The molecule has 8 nitrogen and oxygen atoms in total. The van der Waals surface area contributed by atoms with Gasteiger partial charge in [-0.1, -0.05) is 12.1 Å². The largest absolute Gasteiger partial charge is 0.405 e. The molecule has 0 saturated heterocycles. The van der Waals surface area contributed by atoms with Crippen LogP contribution in [0.15, 0.2) is 33.9 Å². The van der Waals surface area contributed by atoms with Crippen molar-refractivity contribution in [3.8, 4) is 0 Å². The first-order chi connectivity index (χ1) is 12.2. The van der Waals surface area contributed by atoms with Gasteiger partial charge in [-0.3, -0.25) is 24.3 Å². The monoisotopic (exact) mass is 372 g/mol. The summed E-state index contributed by atoms with van der Waals surface area (Å²) in [5.74, 6) is -1.65. The van der Waals surface area contributed by atoms with Gasteiger partial charge in [-0.05, 0) is 12.1 Å². The maximum absolute atomic E-state index is 12.2. The summed E-state index contributed by atoms with van der Waals surface area (Å²) in [6.07, 6.45) is -4.79. The third kappa shape index (κ3) is 5.19. The van der Waals surface area contributed by atoms with Crippen molar-refractivity contribution in [2.24, 2.45) is 0 Å². The van der Waals surface area contributed by atoms with Gasteiger partial charge in [0.25, 0.3) is 11.1 Å². The average Bonchev–Trinajstić information content (AvgIpc) is 2.59. The second-order valence-corrected chi connectivity index (χ2v) is 5.36. The summed E-state index contributed by atoms with van der Waals surface area (Å²) < 4.78 is 36.8. The smallest absolute Gasteiger partial charge is 0.347 e. The van der Waals surface area contributed by atoms with E-state index in [-0.39, 0.29) is 23.7 Å². The Labute approximate surface area is 144 Å². The number of carbonyl (C=O) groups excluding carboxylic acids is 2. The number of halogens is 3. The number of benzene rings is 1. The van der Waals surface area contributed by atoms with E-state index >= 15 is 0 Å². The maximum atomic E-state index is 12.2. The van der Waals surface area contributed by atoms with E-state index in [1.165, 1.54) is 12.1 Å². The number of aryl methyl sites for hydroxylation is 1. The summed E-state index contributed by atoms with van der Waals surface area (Å²) >= 11 is 0. The van der Waals surface area contributed by atoms with Crippen molar-refractivity contribution in [1.29, 1.82) is 0 Å². The number of fused-ring (bicyclic) bond motifs is 1. The van der Waals surface area contributed by atoms with E-state index in [4.69, 9.17) is 0 Å². The first kappa shape index (κ1) is 19.2. The molecule has 0 saturated carbocycles. The van der Waals surface area contributed by atoms with Gasteiger partial charge in [-0.15, -0.1) is 0 Å². The summed E-state index contributed by atoms with van der Waals surface area (Å²) in [6.45, 7) is -2.28. The topological polar surface area (TPSA) is 113 Å². The molecule has 3 N–H and O–H groups in total. The number of H-pyrrole nitrogens is 1. The number of nitrogens with zero attached hydrogens (tertiary/aromatic N) is 1. The number of aromatic amines is 1. The van der Waals surface area contributed by atoms with Crippen LogP contribution >= 0.6 is 0 Å². The molecule has 0 atom stereocenters. The zero-order valence-electron chi connectivity index (χ0n) is 13.4. The lowest BCUT2D eigenvalue weighted by Crippen LogP contribution is -2.41. The second kappa shape index (κ2) is 7.85. The Morgan fingerprint density at radius 2 is 1.69 bits per heavy atom. The Balaban J connectivity index is 1.91. The van der Waals surface area contributed by atoms with Crippen LogP contribution in [0, 0.1) is 0 Å². The molecule has 0 unspecified atom stereocenters. The van der Waals surface area contributed by atoms with Crippen molar-refractivity contribution < 1.29 is 22.8 Å². The molecule has 1 aromatic heterocycles. The van der Waals surface area contributed by atoms with Crippen LogP contribution in [0.1, 0.15) is 6.42 Å². The Bertz CT molecular complexity index is 933. The molecule has 2 aromatic rings. The predicted molar refractivity (Wildman–Crippen MR) is 85.5 cm³/mol. The highest BCUT2D eigenvalue weighted by Gasteiger charge is 2.27. The van der Waals surface area contributed by atoms with Gasteiger partial charge in [0.1, 0.15) is 6.54 Å². The highest BCUT2D eigenvalue weighted by molar-refractivity contribution is 5.84. The van der Waals surface area contributed by atoms with Crippen LogP contribution in [0.5, 0.6) is 0 Å². The Hall–Kier alpha value is -3.11. The van der Waals surface area contributed by atoms with E-state index in [0.29, 0.717) is 0 Å². The Morgan fingerprint density at radius 3 is 2.35 bits per heavy atom. The molecule has 0 radical (unpaired) electrons. The number of alkyl halides is 3. The van der Waals surface area contributed by atoms with Crippen molar-refractivity contribution in [3.05, 3.63) is 45.0 Å². The lowest BCUT2D eigenvalue weighted by Gasteiger charge is -2.10. The van der Waals surface area contributed by atoms with Crippen LogP contribution in [0.2, 0.25) is 0 Å². The van der Waals surface area contributed by atoms with Gasteiger partial charge in [0, 0.05) is 6.42 Å². The quantitative estimate of drug-likeness (QED) is 0.656. The predicted octanol–water partition coefficient (Wildman–Crippen LogP) is -0.125. The van der Waals surface area contributed by atoms with Crippen LogP contribution < -0.4 is 21.8 Å². The number of carbonyl (C=O) groups is 2. The fourth-order valence-corrected chi connectivity index (χ4v) is 2.15. The van der Waals surface area contributed by atoms with E-state index in [1.54, 1.807) is 17.4 Å². The lowest BCUT2D eigenvalue weighted by molar-refractivity contribution is -0.138. The second-order valence-electron chi connectivity index (χ2n) is 5.36. The maximum Gasteiger partial charge on any atom is 0.405 e. The van der Waals surface area contributed by atoms with Crippen LogP contribution in [-0.4, -0.2) is 40.9 Å². The molecule has 1 aromatic carbocycles. The Kier molecular flexibility index (Phi) is 5.80.